The topological polar surface area (TPSA) is 42.0 Å². The molecule has 2 rings (SSSR count). The number of carbonyl (C=O) groups excluding carboxylic acids is 1. The van der Waals surface area contributed by atoms with Gasteiger partial charge in [0.05, 0.1) is 0 Å². The molecule has 0 spiro atoms. The molecule has 1 N–H and O–H groups in total. The van der Waals surface area contributed by atoms with Crippen LogP contribution in [0.4, 0.5) is 5.82 Å². The Morgan fingerprint density at radius 3 is 3.06 bits per heavy atom. The molecule has 1 aliphatic carbocycles. The lowest BCUT2D eigenvalue weighted by atomic mass is 9.94. The Balaban J connectivity index is 1.99. The molecule has 1 atom stereocenters. The highest BCUT2D eigenvalue weighted by atomic mass is 16.1. The van der Waals surface area contributed by atoms with Crippen molar-refractivity contribution in [3.63, 3.8) is 0 Å². The first-order valence-electron chi connectivity index (χ1n) is 5.64. The minimum atomic E-state index is 0.0856. The van der Waals surface area contributed by atoms with Crippen LogP contribution in [-0.2, 0) is 4.79 Å². The maximum Gasteiger partial charge on any atom is 0.228 e. The second-order valence-corrected chi connectivity index (χ2v) is 4.19. The number of amides is 1. The molecule has 1 aliphatic rings. The van der Waals surface area contributed by atoms with Crippen molar-refractivity contribution in [1.29, 1.82) is 0 Å². The zero-order valence-corrected chi connectivity index (χ0v) is 9.44. The molecular weight excluding hydrogens is 200 g/mol. The van der Waals surface area contributed by atoms with Crippen molar-refractivity contribution in [3.05, 3.63) is 36.0 Å². The van der Waals surface area contributed by atoms with E-state index in [2.05, 4.69) is 22.5 Å². The van der Waals surface area contributed by atoms with E-state index < -0.39 is 0 Å². The lowest BCUT2D eigenvalue weighted by Gasteiger charge is -2.16. The predicted molar refractivity (Wildman–Crippen MR) is 64.1 cm³/mol. The summed E-state index contributed by atoms with van der Waals surface area (Å²) in [5.41, 5.74) is 1.11. The summed E-state index contributed by atoms with van der Waals surface area (Å²) in [6.45, 7) is 1.99. The second kappa shape index (κ2) is 4.92. The summed E-state index contributed by atoms with van der Waals surface area (Å²) in [6, 6.07) is 3.80. The zero-order valence-electron chi connectivity index (χ0n) is 9.44. The molecule has 0 saturated heterocycles. The lowest BCUT2D eigenvalue weighted by Crippen LogP contribution is -2.23. The Morgan fingerprint density at radius 1 is 1.50 bits per heavy atom. The molecule has 0 radical (unpaired) electrons. The molecule has 1 amide bonds. The molecule has 0 aromatic carbocycles. The average molecular weight is 216 g/mol. The average Bonchev–Trinajstić information content (AvgIpc) is 2.30. The molecule has 84 valence electrons. The van der Waals surface area contributed by atoms with Gasteiger partial charge in [0.15, 0.2) is 0 Å². The Hall–Kier alpha value is -1.64. The van der Waals surface area contributed by atoms with E-state index >= 15 is 0 Å². The lowest BCUT2D eigenvalue weighted by molar-refractivity contribution is -0.120. The molecular formula is C13H16N2O. The SMILES string of the molecule is Cc1ccnc(NC(=O)C2CC=CCC2)c1. The quantitative estimate of drug-likeness (QED) is 0.772. The van der Waals surface area contributed by atoms with Gasteiger partial charge in [0.1, 0.15) is 5.82 Å². The Kier molecular flexibility index (Phi) is 3.34. The van der Waals surface area contributed by atoms with E-state index in [9.17, 15) is 4.79 Å². The highest BCUT2D eigenvalue weighted by molar-refractivity contribution is 5.91. The van der Waals surface area contributed by atoms with E-state index in [0.717, 1.165) is 24.8 Å². The third kappa shape index (κ3) is 2.69. The Bertz CT molecular complexity index is 412. The standard InChI is InChI=1S/C13H16N2O/c1-10-7-8-14-12(9-10)15-13(16)11-5-3-2-4-6-11/h2-3,7-9,11H,4-6H2,1H3,(H,14,15,16). The predicted octanol–water partition coefficient (Wildman–Crippen LogP) is 2.68. The minimum absolute atomic E-state index is 0.0856. The second-order valence-electron chi connectivity index (χ2n) is 4.19. The molecule has 1 unspecified atom stereocenters. The monoisotopic (exact) mass is 216 g/mol. The van der Waals surface area contributed by atoms with Crippen LogP contribution in [0, 0.1) is 12.8 Å². The van der Waals surface area contributed by atoms with Gasteiger partial charge in [-0.15, -0.1) is 0 Å². The van der Waals surface area contributed by atoms with Crippen LogP contribution in [0.3, 0.4) is 0 Å². The molecule has 0 bridgehead atoms. The number of aromatic nitrogens is 1. The van der Waals surface area contributed by atoms with Crippen LogP contribution in [0.2, 0.25) is 0 Å². The van der Waals surface area contributed by atoms with Gasteiger partial charge in [0.2, 0.25) is 5.91 Å². The number of aryl methyl sites for hydroxylation is 1. The summed E-state index contributed by atoms with van der Waals surface area (Å²) >= 11 is 0. The zero-order chi connectivity index (χ0) is 11.4. The van der Waals surface area contributed by atoms with Gasteiger partial charge in [-0.3, -0.25) is 4.79 Å². The number of nitrogens with one attached hydrogen (secondary N) is 1. The first kappa shape index (κ1) is 10.9. The third-order valence-electron chi connectivity index (χ3n) is 2.81. The van der Waals surface area contributed by atoms with Gasteiger partial charge in [0.25, 0.3) is 0 Å². The normalized spacial score (nSPS) is 19.4. The van der Waals surface area contributed by atoms with Gasteiger partial charge in [-0.25, -0.2) is 4.98 Å². The fourth-order valence-corrected chi connectivity index (χ4v) is 1.86. The van der Waals surface area contributed by atoms with Gasteiger partial charge in [-0.2, -0.15) is 0 Å². The number of nitrogens with zero attached hydrogens (tertiary/aromatic N) is 1. The summed E-state index contributed by atoms with van der Waals surface area (Å²) < 4.78 is 0. The molecule has 0 aliphatic heterocycles. The van der Waals surface area contributed by atoms with Crippen LogP contribution in [-0.4, -0.2) is 10.9 Å². The number of allylic oxidation sites excluding steroid dienone is 2. The molecule has 0 fully saturated rings. The molecule has 1 aromatic rings. The van der Waals surface area contributed by atoms with E-state index in [0.29, 0.717) is 5.82 Å². The van der Waals surface area contributed by atoms with E-state index in [1.807, 2.05) is 19.1 Å². The molecule has 0 saturated carbocycles. The van der Waals surface area contributed by atoms with Crippen molar-refractivity contribution >= 4 is 11.7 Å². The Labute approximate surface area is 95.6 Å². The van der Waals surface area contributed by atoms with E-state index in [1.54, 1.807) is 6.20 Å². The number of carbonyl (C=O) groups is 1. The summed E-state index contributed by atoms with van der Waals surface area (Å²) in [6.07, 6.45) is 8.71. The van der Waals surface area contributed by atoms with Crippen molar-refractivity contribution in [2.24, 2.45) is 5.92 Å². The van der Waals surface area contributed by atoms with Crippen molar-refractivity contribution in [2.45, 2.75) is 26.2 Å². The highest BCUT2D eigenvalue weighted by Crippen LogP contribution is 2.19. The number of hydrogen-bond donors (Lipinski definition) is 1. The number of anilines is 1. The fraction of sp³-hybridized carbons (Fsp3) is 0.385. The van der Waals surface area contributed by atoms with E-state index in [4.69, 9.17) is 0 Å². The maximum absolute atomic E-state index is 11.9. The van der Waals surface area contributed by atoms with Crippen LogP contribution in [0.25, 0.3) is 0 Å². The van der Waals surface area contributed by atoms with Crippen LogP contribution < -0.4 is 5.32 Å². The molecule has 3 nitrogen and oxygen atoms in total. The van der Waals surface area contributed by atoms with Gasteiger partial charge in [-0.05, 0) is 43.9 Å². The fourth-order valence-electron chi connectivity index (χ4n) is 1.86. The summed E-state index contributed by atoms with van der Waals surface area (Å²) in [4.78, 5) is 16.0. The van der Waals surface area contributed by atoms with Crippen LogP contribution >= 0.6 is 0 Å². The summed E-state index contributed by atoms with van der Waals surface area (Å²) in [5.74, 6) is 0.842. The van der Waals surface area contributed by atoms with Crippen LogP contribution in [0.1, 0.15) is 24.8 Å². The van der Waals surface area contributed by atoms with E-state index in [1.165, 1.54) is 0 Å². The van der Waals surface area contributed by atoms with E-state index in [-0.39, 0.29) is 11.8 Å². The minimum Gasteiger partial charge on any atom is -0.310 e. The summed E-state index contributed by atoms with van der Waals surface area (Å²) in [5, 5.41) is 2.87. The smallest absolute Gasteiger partial charge is 0.228 e. The third-order valence-corrected chi connectivity index (χ3v) is 2.81. The molecule has 3 heteroatoms. The van der Waals surface area contributed by atoms with Gasteiger partial charge >= 0.3 is 0 Å². The largest absolute Gasteiger partial charge is 0.310 e. The first-order valence-corrected chi connectivity index (χ1v) is 5.64. The Morgan fingerprint density at radius 2 is 2.38 bits per heavy atom. The van der Waals surface area contributed by atoms with Crippen molar-refractivity contribution < 1.29 is 4.79 Å². The molecule has 1 heterocycles. The first-order chi connectivity index (χ1) is 7.75. The van der Waals surface area contributed by atoms with Gasteiger partial charge in [0, 0.05) is 12.1 Å². The van der Waals surface area contributed by atoms with Crippen molar-refractivity contribution in [1.82, 2.24) is 4.98 Å². The van der Waals surface area contributed by atoms with Crippen LogP contribution in [0.5, 0.6) is 0 Å². The van der Waals surface area contributed by atoms with Gasteiger partial charge < -0.3 is 5.32 Å². The molecule has 1 aromatic heterocycles. The number of hydrogen-bond acceptors (Lipinski definition) is 2. The number of rotatable bonds is 2. The highest BCUT2D eigenvalue weighted by Gasteiger charge is 2.18. The van der Waals surface area contributed by atoms with Crippen molar-refractivity contribution in [2.75, 3.05) is 5.32 Å². The number of pyridine rings is 1. The summed E-state index contributed by atoms with van der Waals surface area (Å²) in [7, 11) is 0. The molecule has 16 heavy (non-hydrogen) atoms. The van der Waals surface area contributed by atoms with Crippen molar-refractivity contribution in [3.8, 4) is 0 Å². The van der Waals surface area contributed by atoms with Gasteiger partial charge in [-0.1, -0.05) is 12.2 Å². The maximum atomic E-state index is 11.9. The van der Waals surface area contributed by atoms with Crippen LogP contribution in [0.15, 0.2) is 30.5 Å².